The molecule has 0 bridgehead atoms. The second-order valence-corrected chi connectivity index (χ2v) is 18.8. The largest absolute Gasteiger partial charge is 0.309 e. The molecule has 2 atom stereocenters. The van der Waals surface area contributed by atoms with E-state index < -0.39 is 0 Å². The smallest absolute Gasteiger partial charge is 0.0540 e. The summed E-state index contributed by atoms with van der Waals surface area (Å²) in [5.74, 6) is 0.703. The lowest BCUT2D eigenvalue weighted by atomic mass is 9.71. The van der Waals surface area contributed by atoms with Gasteiger partial charge in [0.25, 0.3) is 0 Å². The van der Waals surface area contributed by atoms with E-state index in [-0.39, 0.29) is 5.41 Å². The minimum absolute atomic E-state index is 0.137. The Morgan fingerprint density at radius 2 is 0.925 bits per heavy atom. The van der Waals surface area contributed by atoms with E-state index >= 15 is 0 Å². The van der Waals surface area contributed by atoms with Gasteiger partial charge >= 0.3 is 0 Å². The lowest BCUT2D eigenvalue weighted by Crippen LogP contribution is -2.22. The normalized spacial score (nSPS) is 16.0. The van der Waals surface area contributed by atoms with Crippen molar-refractivity contribution in [2.24, 2.45) is 5.92 Å². The first kappa shape index (κ1) is 40.5. The maximum Gasteiger partial charge on any atom is 0.0540 e. The number of fused-ring (bicyclic) bond motifs is 6. The molecule has 10 aromatic carbocycles. The van der Waals surface area contributed by atoms with E-state index in [0.29, 0.717) is 11.8 Å². The van der Waals surface area contributed by atoms with Crippen molar-refractivity contribution in [1.29, 1.82) is 0 Å². The maximum absolute atomic E-state index is 2.52. The summed E-state index contributed by atoms with van der Waals surface area (Å²) in [6.07, 6.45) is 4.87. The Bertz CT molecular complexity index is 3570. The van der Waals surface area contributed by atoms with Crippen molar-refractivity contribution >= 4 is 44.2 Å². The SMILES string of the molecule is CC1C=CC(c2ccccc2N(c2ccc(-c3cccc4c3ccc3ccccc34)cc2)c2ccccc2-c2ccccc2-c2ccccc2-c2ccccc2)=C2C1c1ccccc1C2(C)C. The molecule has 12 rings (SSSR count). The van der Waals surface area contributed by atoms with E-state index in [1.165, 1.54) is 88.3 Å². The number of allylic oxidation sites excluding steroid dienone is 4. The van der Waals surface area contributed by atoms with Crippen LogP contribution >= 0.6 is 0 Å². The molecule has 0 spiro atoms. The Kier molecular flexibility index (Phi) is 9.95. The Morgan fingerprint density at radius 1 is 0.388 bits per heavy atom. The molecule has 0 N–H and O–H groups in total. The van der Waals surface area contributed by atoms with Crippen LogP contribution < -0.4 is 4.90 Å². The Labute approximate surface area is 394 Å². The van der Waals surface area contributed by atoms with E-state index in [4.69, 9.17) is 0 Å². The highest BCUT2D eigenvalue weighted by Crippen LogP contribution is 2.59. The monoisotopic (exact) mass is 857 g/mol. The molecule has 0 radical (unpaired) electrons. The van der Waals surface area contributed by atoms with Crippen LogP contribution in [0.1, 0.15) is 43.4 Å². The van der Waals surface area contributed by atoms with Gasteiger partial charge < -0.3 is 4.90 Å². The minimum atomic E-state index is -0.137. The van der Waals surface area contributed by atoms with Gasteiger partial charge in [0, 0.05) is 28.1 Å². The number of para-hydroxylation sites is 2. The molecule has 1 heteroatoms. The van der Waals surface area contributed by atoms with Crippen molar-refractivity contribution in [1.82, 2.24) is 0 Å². The maximum atomic E-state index is 2.52. The first-order valence-corrected chi connectivity index (χ1v) is 23.7. The zero-order chi connectivity index (χ0) is 45.1. The summed E-state index contributed by atoms with van der Waals surface area (Å²) in [5, 5.41) is 5.07. The van der Waals surface area contributed by atoms with Gasteiger partial charge in [0.2, 0.25) is 0 Å². The molecule has 67 heavy (non-hydrogen) atoms. The zero-order valence-electron chi connectivity index (χ0n) is 38.2. The number of hydrogen-bond donors (Lipinski definition) is 0. The summed E-state index contributed by atoms with van der Waals surface area (Å²) in [7, 11) is 0. The fraction of sp³-hybridized carbons (Fsp3) is 0.0909. The van der Waals surface area contributed by atoms with Gasteiger partial charge in [0.15, 0.2) is 0 Å². The standard InChI is InChI=1S/C66H51N/c1-44-36-42-59(65-64(44)60-30-13-16-33-61(60)66(65,2)3)58-29-15-18-35-63(58)67(48-40-37-47(38-41-48)51-31-19-32-53-50-23-8-7-22-46(50)39-43-56(51)53)62-34-17-14-28-57(62)55-27-12-11-26-54(55)52-25-10-9-24-49(52)45-20-5-4-6-21-45/h4-44,64H,1-3H3. The topological polar surface area (TPSA) is 3.24 Å². The predicted octanol–water partition coefficient (Wildman–Crippen LogP) is 18.2. The van der Waals surface area contributed by atoms with Crippen LogP contribution in [0.15, 0.2) is 248 Å². The third kappa shape index (κ3) is 6.76. The molecule has 0 aliphatic heterocycles. The molecule has 0 amide bonds. The summed E-state index contributed by atoms with van der Waals surface area (Å²) < 4.78 is 0. The van der Waals surface area contributed by atoms with E-state index in [0.717, 1.165) is 22.6 Å². The van der Waals surface area contributed by atoms with Crippen LogP contribution in [0.3, 0.4) is 0 Å². The number of rotatable bonds is 8. The Balaban J connectivity index is 1.07. The molecule has 1 nitrogen and oxygen atoms in total. The molecule has 0 fully saturated rings. The van der Waals surface area contributed by atoms with Crippen LogP contribution in [0.4, 0.5) is 17.1 Å². The van der Waals surface area contributed by atoms with Crippen molar-refractivity contribution in [2.75, 3.05) is 4.90 Å². The molecule has 2 aliphatic carbocycles. The lowest BCUT2D eigenvalue weighted by molar-refractivity contribution is 0.555. The molecule has 2 unspecified atom stereocenters. The zero-order valence-corrected chi connectivity index (χ0v) is 38.2. The molecule has 0 heterocycles. The summed E-state index contributed by atoms with van der Waals surface area (Å²) in [6.45, 7) is 7.25. The van der Waals surface area contributed by atoms with Gasteiger partial charge in [0.1, 0.15) is 0 Å². The molecule has 0 aromatic heterocycles. The highest BCUT2D eigenvalue weighted by atomic mass is 15.1. The molecular weight excluding hydrogens is 807 g/mol. The van der Waals surface area contributed by atoms with E-state index in [1.54, 1.807) is 0 Å². The quantitative estimate of drug-likeness (QED) is 0.138. The van der Waals surface area contributed by atoms with E-state index in [1.807, 2.05) is 0 Å². The third-order valence-corrected chi connectivity index (χ3v) is 14.7. The highest BCUT2D eigenvalue weighted by Gasteiger charge is 2.46. The van der Waals surface area contributed by atoms with Crippen molar-refractivity contribution in [3.63, 3.8) is 0 Å². The Hall–Kier alpha value is -8.00. The first-order valence-electron chi connectivity index (χ1n) is 23.7. The second kappa shape index (κ2) is 16.5. The number of hydrogen-bond acceptors (Lipinski definition) is 1. The molecular formula is C66H51N. The number of anilines is 3. The fourth-order valence-electron chi connectivity index (χ4n) is 11.6. The fourth-order valence-corrected chi connectivity index (χ4v) is 11.6. The third-order valence-electron chi connectivity index (χ3n) is 14.7. The summed E-state index contributed by atoms with van der Waals surface area (Å²) in [5.41, 5.74) is 19.8. The average molecular weight is 858 g/mol. The van der Waals surface area contributed by atoms with Gasteiger partial charge in [0.05, 0.1) is 11.4 Å². The lowest BCUT2D eigenvalue weighted by Gasteiger charge is -2.35. The number of benzene rings is 10. The van der Waals surface area contributed by atoms with Crippen molar-refractivity contribution in [2.45, 2.75) is 32.1 Å². The average Bonchev–Trinajstić information content (AvgIpc) is 3.64. The van der Waals surface area contributed by atoms with Crippen molar-refractivity contribution in [3.05, 3.63) is 265 Å². The van der Waals surface area contributed by atoms with Gasteiger partial charge in [-0.15, -0.1) is 0 Å². The van der Waals surface area contributed by atoms with Crippen LogP contribution in [0.25, 0.3) is 71.6 Å². The summed E-state index contributed by atoms with van der Waals surface area (Å²) in [4.78, 5) is 2.52. The second-order valence-electron chi connectivity index (χ2n) is 18.8. The molecule has 10 aromatic rings. The molecule has 0 saturated heterocycles. The summed E-state index contributed by atoms with van der Waals surface area (Å²) >= 11 is 0. The van der Waals surface area contributed by atoms with Crippen molar-refractivity contribution < 1.29 is 0 Å². The van der Waals surface area contributed by atoms with Gasteiger partial charge in [-0.3, -0.25) is 0 Å². The molecule has 2 aliphatic rings. The Morgan fingerprint density at radius 3 is 1.69 bits per heavy atom. The highest BCUT2D eigenvalue weighted by molar-refractivity contribution is 6.12. The van der Waals surface area contributed by atoms with Crippen molar-refractivity contribution in [3.8, 4) is 44.5 Å². The van der Waals surface area contributed by atoms with Gasteiger partial charge in [-0.1, -0.05) is 239 Å². The van der Waals surface area contributed by atoms with Gasteiger partial charge in [-0.05, 0) is 113 Å². The summed E-state index contributed by atoms with van der Waals surface area (Å²) in [6, 6.07) is 85.1. The van der Waals surface area contributed by atoms with E-state index in [2.05, 4.69) is 268 Å². The molecule has 320 valence electrons. The van der Waals surface area contributed by atoms with Crippen LogP contribution in [0.2, 0.25) is 0 Å². The minimum Gasteiger partial charge on any atom is -0.309 e. The van der Waals surface area contributed by atoms with Crippen LogP contribution in [0, 0.1) is 5.92 Å². The predicted molar refractivity (Wildman–Crippen MR) is 285 cm³/mol. The first-order chi connectivity index (χ1) is 33.0. The molecule has 0 saturated carbocycles. The van der Waals surface area contributed by atoms with Crippen LogP contribution in [0.5, 0.6) is 0 Å². The van der Waals surface area contributed by atoms with Gasteiger partial charge in [-0.2, -0.15) is 0 Å². The van der Waals surface area contributed by atoms with Crippen LogP contribution in [-0.4, -0.2) is 0 Å². The van der Waals surface area contributed by atoms with Crippen LogP contribution in [-0.2, 0) is 5.41 Å². The van der Waals surface area contributed by atoms with E-state index in [9.17, 15) is 0 Å². The number of nitrogens with zero attached hydrogens (tertiary/aromatic N) is 1. The van der Waals surface area contributed by atoms with Gasteiger partial charge in [-0.25, -0.2) is 0 Å².